The van der Waals surface area contributed by atoms with Crippen molar-refractivity contribution in [3.05, 3.63) is 65.2 Å². The van der Waals surface area contributed by atoms with Crippen molar-refractivity contribution >= 4 is 0 Å². The van der Waals surface area contributed by atoms with Gasteiger partial charge in [-0.15, -0.1) is 0 Å². The Balaban J connectivity index is 2.09. The summed E-state index contributed by atoms with van der Waals surface area (Å²) >= 11 is 0. The monoisotopic (exact) mass is 288 g/mol. The molecular weight excluding hydrogens is 274 g/mol. The van der Waals surface area contributed by atoms with Gasteiger partial charge in [-0.2, -0.15) is 0 Å². The van der Waals surface area contributed by atoms with E-state index in [2.05, 4.69) is 11.8 Å². The summed E-state index contributed by atoms with van der Waals surface area (Å²) in [5.41, 5.74) is 0.922. The average Bonchev–Trinajstić information content (AvgIpc) is 2.49. The first-order valence-corrected chi connectivity index (χ1v) is 6.46. The molecule has 0 saturated carbocycles. The third-order valence-electron chi connectivity index (χ3n) is 2.72. The summed E-state index contributed by atoms with van der Waals surface area (Å²) in [5, 5.41) is 8.65. The first kappa shape index (κ1) is 15.0. The lowest BCUT2D eigenvalue weighted by molar-refractivity contribution is 0.290. The smallest absolute Gasteiger partial charge is 0.165 e. The molecule has 21 heavy (non-hydrogen) atoms. The molecule has 0 aliphatic rings. The van der Waals surface area contributed by atoms with Crippen molar-refractivity contribution < 1.29 is 18.6 Å². The van der Waals surface area contributed by atoms with Crippen LogP contribution >= 0.6 is 0 Å². The molecule has 0 aliphatic carbocycles. The maximum atomic E-state index is 13.6. The molecule has 108 valence electrons. The number of halogens is 2. The number of aliphatic hydroxyl groups is 1. The Morgan fingerprint density at radius 3 is 2.62 bits per heavy atom. The molecule has 2 aromatic rings. The molecule has 0 atom stereocenters. The summed E-state index contributed by atoms with van der Waals surface area (Å²) in [6, 6.07) is 10.5. The molecule has 0 spiro atoms. The van der Waals surface area contributed by atoms with Crippen LogP contribution in [0.4, 0.5) is 8.78 Å². The van der Waals surface area contributed by atoms with E-state index < -0.39 is 11.6 Å². The van der Waals surface area contributed by atoms with Crippen molar-refractivity contribution in [2.45, 2.75) is 13.0 Å². The van der Waals surface area contributed by atoms with Gasteiger partial charge in [0.1, 0.15) is 12.4 Å². The van der Waals surface area contributed by atoms with E-state index in [9.17, 15) is 8.78 Å². The number of benzene rings is 2. The van der Waals surface area contributed by atoms with Crippen LogP contribution in [0.3, 0.4) is 0 Å². The summed E-state index contributed by atoms with van der Waals surface area (Å²) in [5.74, 6) is 4.58. The molecule has 2 aromatic carbocycles. The van der Waals surface area contributed by atoms with Crippen molar-refractivity contribution in [3.63, 3.8) is 0 Å². The van der Waals surface area contributed by atoms with Crippen molar-refractivity contribution in [2.24, 2.45) is 0 Å². The fraction of sp³-hybridized carbons (Fsp3) is 0.176. The van der Waals surface area contributed by atoms with E-state index in [1.807, 2.05) is 0 Å². The minimum Gasteiger partial charge on any atom is -0.486 e. The number of hydrogen-bond donors (Lipinski definition) is 1. The Morgan fingerprint density at radius 1 is 1.05 bits per heavy atom. The van der Waals surface area contributed by atoms with E-state index >= 15 is 0 Å². The average molecular weight is 288 g/mol. The van der Waals surface area contributed by atoms with Gasteiger partial charge < -0.3 is 9.84 Å². The SMILES string of the molecule is OCCC#Cc1cc(COc2ccccc2F)ccc1F. The predicted molar refractivity (Wildman–Crippen MR) is 75.7 cm³/mol. The molecule has 0 aliphatic heterocycles. The normalized spacial score (nSPS) is 9.86. The highest BCUT2D eigenvalue weighted by atomic mass is 19.1. The number of rotatable bonds is 4. The van der Waals surface area contributed by atoms with E-state index in [1.165, 1.54) is 18.2 Å². The van der Waals surface area contributed by atoms with Gasteiger partial charge >= 0.3 is 0 Å². The number of para-hydroxylation sites is 1. The predicted octanol–water partition coefficient (Wildman–Crippen LogP) is 3.28. The molecule has 0 unspecified atom stereocenters. The summed E-state index contributed by atoms with van der Waals surface area (Å²) < 4.78 is 32.3. The Labute approximate surface area is 122 Å². The molecule has 4 heteroatoms. The lowest BCUT2D eigenvalue weighted by Crippen LogP contribution is -1.98. The first-order valence-electron chi connectivity index (χ1n) is 6.46. The molecule has 0 radical (unpaired) electrons. The highest BCUT2D eigenvalue weighted by Crippen LogP contribution is 2.18. The maximum absolute atomic E-state index is 13.6. The van der Waals surface area contributed by atoms with Gasteiger partial charge in [0.2, 0.25) is 0 Å². The van der Waals surface area contributed by atoms with Gasteiger partial charge in [-0.1, -0.05) is 30.0 Å². The summed E-state index contributed by atoms with van der Waals surface area (Å²) in [6.07, 6.45) is 0.287. The molecule has 0 saturated heterocycles. The first-order chi connectivity index (χ1) is 10.2. The van der Waals surface area contributed by atoms with Crippen LogP contribution in [-0.4, -0.2) is 11.7 Å². The Kier molecular flexibility index (Phi) is 5.30. The van der Waals surface area contributed by atoms with Crippen molar-refractivity contribution in [1.82, 2.24) is 0 Å². The molecule has 1 N–H and O–H groups in total. The zero-order valence-corrected chi connectivity index (χ0v) is 11.3. The van der Waals surface area contributed by atoms with Crippen LogP contribution in [0.5, 0.6) is 5.75 Å². The molecular formula is C17H14F2O2. The molecule has 2 rings (SSSR count). The quantitative estimate of drug-likeness (QED) is 0.875. The fourth-order valence-electron chi connectivity index (χ4n) is 1.69. The zero-order valence-electron chi connectivity index (χ0n) is 11.3. The molecule has 0 amide bonds. The van der Waals surface area contributed by atoms with Crippen LogP contribution in [0.2, 0.25) is 0 Å². The number of aliphatic hydroxyl groups excluding tert-OH is 1. The second kappa shape index (κ2) is 7.41. The molecule has 0 fully saturated rings. The Morgan fingerprint density at radius 2 is 1.86 bits per heavy atom. The molecule has 0 bridgehead atoms. The lowest BCUT2D eigenvalue weighted by atomic mass is 10.1. The van der Waals surface area contributed by atoms with E-state index in [4.69, 9.17) is 9.84 Å². The minimum absolute atomic E-state index is 0.0648. The largest absolute Gasteiger partial charge is 0.486 e. The Hall–Kier alpha value is -2.38. The van der Waals surface area contributed by atoms with Crippen molar-refractivity contribution in [3.8, 4) is 17.6 Å². The lowest BCUT2D eigenvalue weighted by Gasteiger charge is -2.07. The van der Waals surface area contributed by atoms with Crippen molar-refractivity contribution in [1.29, 1.82) is 0 Å². The fourth-order valence-corrected chi connectivity index (χ4v) is 1.69. The summed E-state index contributed by atoms with van der Waals surface area (Å²) in [6.45, 7) is 0.0561. The second-order valence-corrected chi connectivity index (χ2v) is 4.31. The van der Waals surface area contributed by atoms with Crippen LogP contribution in [0.1, 0.15) is 17.5 Å². The number of ether oxygens (including phenoxy) is 1. The third kappa shape index (κ3) is 4.30. The van der Waals surface area contributed by atoms with Gasteiger partial charge in [0.05, 0.1) is 12.2 Å². The maximum Gasteiger partial charge on any atom is 0.165 e. The van der Waals surface area contributed by atoms with Gasteiger partial charge in [-0.25, -0.2) is 8.78 Å². The summed E-state index contributed by atoms with van der Waals surface area (Å²) in [7, 11) is 0. The highest BCUT2D eigenvalue weighted by Gasteiger charge is 2.04. The van der Waals surface area contributed by atoms with E-state index in [0.29, 0.717) is 5.56 Å². The van der Waals surface area contributed by atoms with Gasteiger partial charge in [-0.05, 0) is 29.8 Å². The van der Waals surface area contributed by atoms with Crippen LogP contribution in [0, 0.1) is 23.5 Å². The van der Waals surface area contributed by atoms with Crippen LogP contribution in [-0.2, 0) is 6.61 Å². The van der Waals surface area contributed by atoms with Crippen LogP contribution < -0.4 is 4.74 Å². The van der Waals surface area contributed by atoms with E-state index in [1.54, 1.807) is 24.3 Å². The highest BCUT2D eigenvalue weighted by molar-refractivity contribution is 5.38. The van der Waals surface area contributed by atoms with Gasteiger partial charge in [-0.3, -0.25) is 0 Å². The molecule has 2 nitrogen and oxygen atoms in total. The third-order valence-corrected chi connectivity index (χ3v) is 2.72. The van der Waals surface area contributed by atoms with Crippen LogP contribution in [0.25, 0.3) is 0 Å². The van der Waals surface area contributed by atoms with Gasteiger partial charge in [0, 0.05) is 6.42 Å². The standard InChI is InChI=1S/C17H14F2O2/c18-15-9-8-13(11-14(15)5-3-4-10-20)12-21-17-7-2-1-6-16(17)19/h1-2,6-9,11,20H,4,10,12H2. The molecule has 0 heterocycles. The zero-order chi connectivity index (χ0) is 15.1. The topological polar surface area (TPSA) is 29.5 Å². The van der Waals surface area contributed by atoms with E-state index in [-0.39, 0.29) is 30.9 Å². The number of hydrogen-bond acceptors (Lipinski definition) is 2. The summed E-state index contributed by atoms with van der Waals surface area (Å²) in [4.78, 5) is 0. The van der Waals surface area contributed by atoms with E-state index in [0.717, 1.165) is 0 Å². The van der Waals surface area contributed by atoms with Gasteiger partial charge in [0.15, 0.2) is 11.6 Å². The second-order valence-electron chi connectivity index (χ2n) is 4.31. The van der Waals surface area contributed by atoms with Crippen molar-refractivity contribution in [2.75, 3.05) is 6.61 Å². The van der Waals surface area contributed by atoms with Crippen LogP contribution in [0.15, 0.2) is 42.5 Å². The Bertz CT molecular complexity index is 672. The minimum atomic E-state index is -0.442. The van der Waals surface area contributed by atoms with Gasteiger partial charge in [0.25, 0.3) is 0 Å². The molecule has 0 aromatic heterocycles.